The Morgan fingerprint density at radius 1 is 1.55 bits per heavy atom. The second kappa shape index (κ2) is 5.36. The van der Waals surface area contributed by atoms with E-state index in [9.17, 15) is 0 Å². The number of rotatable bonds is 4. The molecule has 0 spiro atoms. The number of hydrogen-bond donors (Lipinski definition) is 1. The number of hydrogen-bond acceptors (Lipinski definition) is 1. The van der Waals surface area contributed by atoms with Gasteiger partial charge in [0.2, 0.25) is 0 Å². The summed E-state index contributed by atoms with van der Waals surface area (Å²) < 4.78 is 0. The zero-order valence-corrected chi connectivity index (χ0v) is 8.22. The highest BCUT2D eigenvalue weighted by atomic mass is 14.6. The van der Waals surface area contributed by atoms with E-state index in [2.05, 4.69) is 33.8 Å². The fraction of sp³-hybridized carbons (Fsp3) is 0.800. The van der Waals surface area contributed by atoms with Crippen LogP contribution in [0.1, 0.15) is 40.5 Å². The van der Waals surface area contributed by atoms with Crippen LogP contribution in [0.25, 0.3) is 0 Å². The lowest BCUT2D eigenvalue weighted by Gasteiger charge is -2.19. The van der Waals surface area contributed by atoms with Gasteiger partial charge < -0.3 is 5.73 Å². The molecule has 0 rings (SSSR count). The van der Waals surface area contributed by atoms with E-state index in [1.54, 1.807) is 0 Å². The highest BCUT2D eigenvalue weighted by molar-refractivity contribution is 5.03. The second-order valence-corrected chi connectivity index (χ2v) is 3.27. The summed E-state index contributed by atoms with van der Waals surface area (Å²) >= 11 is 0. The first kappa shape index (κ1) is 10.7. The molecule has 0 saturated heterocycles. The summed E-state index contributed by atoms with van der Waals surface area (Å²) in [5, 5.41) is 0. The van der Waals surface area contributed by atoms with Crippen molar-refractivity contribution >= 4 is 0 Å². The van der Waals surface area contributed by atoms with Crippen LogP contribution in [0.4, 0.5) is 0 Å². The molecule has 0 aromatic rings. The minimum absolute atomic E-state index is 0.344. The van der Waals surface area contributed by atoms with Gasteiger partial charge in [-0.15, -0.1) is 0 Å². The van der Waals surface area contributed by atoms with Gasteiger partial charge in [-0.05, 0) is 26.2 Å². The molecular weight excluding hydrogens is 134 g/mol. The third-order valence-electron chi connectivity index (χ3n) is 2.44. The molecule has 0 aliphatic heterocycles. The Hall–Kier alpha value is -0.300. The molecule has 0 radical (unpaired) electrons. The Morgan fingerprint density at radius 2 is 2.09 bits per heavy atom. The maximum atomic E-state index is 5.96. The van der Waals surface area contributed by atoms with Gasteiger partial charge in [-0.2, -0.15) is 0 Å². The average Bonchev–Trinajstić information content (AvgIpc) is 2.02. The highest BCUT2D eigenvalue weighted by Crippen LogP contribution is 2.15. The van der Waals surface area contributed by atoms with Crippen LogP contribution in [0.5, 0.6) is 0 Å². The molecule has 0 aromatic heterocycles. The summed E-state index contributed by atoms with van der Waals surface area (Å²) in [6.07, 6.45) is 4.47. The summed E-state index contributed by atoms with van der Waals surface area (Å²) in [5.74, 6) is 0.542. The smallest absolute Gasteiger partial charge is 0.0102 e. The zero-order chi connectivity index (χ0) is 8.85. The molecule has 0 fully saturated rings. The van der Waals surface area contributed by atoms with Crippen LogP contribution < -0.4 is 5.73 Å². The molecule has 2 unspecified atom stereocenters. The van der Waals surface area contributed by atoms with E-state index < -0.39 is 0 Å². The molecule has 0 saturated carbocycles. The van der Waals surface area contributed by atoms with Crippen LogP contribution in [0.15, 0.2) is 11.6 Å². The topological polar surface area (TPSA) is 26.0 Å². The van der Waals surface area contributed by atoms with E-state index in [0.29, 0.717) is 12.0 Å². The maximum Gasteiger partial charge on any atom is 0.0102 e. The van der Waals surface area contributed by atoms with Crippen molar-refractivity contribution in [2.45, 2.75) is 46.6 Å². The first-order valence-electron chi connectivity index (χ1n) is 4.51. The van der Waals surface area contributed by atoms with Gasteiger partial charge in [0.25, 0.3) is 0 Å². The van der Waals surface area contributed by atoms with Gasteiger partial charge in [0, 0.05) is 6.04 Å². The monoisotopic (exact) mass is 155 g/mol. The Bertz CT molecular complexity index is 127. The molecule has 11 heavy (non-hydrogen) atoms. The largest absolute Gasteiger partial charge is 0.327 e. The third kappa shape index (κ3) is 3.57. The lowest BCUT2D eigenvalue weighted by atomic mass is 9.92. The normalized spacial score (nSPS) is 18.1. The van der Waals surface area contributed by atoms with E-state index in [-0.39, 0.29) is 0 Å². The molecule has 0 aliphatic rings. The van der Waals surface area contributed by atoms with Crippen molar-refractivity contribution in [3.8, 4) is 0 Å². The first-order valence-corrected chi connectivity index (χ1v) is 4.51. The van der Waals surface area contributed by atoms with Gasteiger partial charge in [0.05, 0.1) is 0 Å². The van der Waals surface area contributed by atoms with E-state index in [1.807, 2.05) is 0 Å². The average molecular weight is 155 g/mol. The first-order chi connectivity index (χ1) is 5.13. The lowest BCUT2D eigenvalue weighted by molar-refractivity contribution is 0.478. The Balaban J connectivity index is 3.91. The summed E-state index contributed by atoms with van der Waals surface area (Å²) in [5.41, 5.74) is 7.37. The summed E-state index contributed by atoms with van der Waals surface area (Å²) in [4.78, 5) is 0. The van der Waals surface area contributed by atoms with Gasteiger partial charge in [-0.25, -0.2) is 0 Å². The Kier molecular flexibility index (Phi) is 5.22. The molecule has 2 N–H and O–H groups in total. The molecule has 66 valence electrons. The molecule has 0 heterocycles. The molecule has 2 atom stereocenters. The van der Waals surface area contributed by atoms with Gasteiger partial charge in [-0.3, -0.25) is 0 Å². The fourth-order valence-electron chi connectivity index (χ4n) is 1.18. The zero-order valence-electron chi connectivity index (χ0n) is 8.22. The van der Waals surface area contributed by atoms with Crippen molar-refractivity contribution in [2.75, 3.05) is 0 Å². The van der Waals surface area contributed by atoms with Crippen molar-refractivity contribution < 1.29 is 0 Å². The van der Waals surface area contributed by atoms with Crippen LogP contribution >= 0.6 is 0 Å². The predicted molar refractivity (Wildman–Crippen MR) is 51.5 cm³/mol. The molecule has 0 aromatic carbocycles. The van der Waals surface area contributed by atoms with E-state index in [1.165, 1.54) is 12.0 Å². The fourth-order valence-corrected chi connectivity index (χ4v) is 1.18. The standard InChI is InChI=1S/C10H21N/c1-5-7-10(11)9(4)8(3)6-2/h6,9-10H,5,7,11H2,1-4H3. The van der Waals surface area contributed by atoms with Crippen LogP contribution in [-0.4, -0.2) is 6.04 Å². The summed E-state index contributed by atoms with van der Waals surface area (Å²) in [6.45, 7) is 8.61. The van der Waals surface area contributed by atoms with Crippen LogP contribution in [0.2, 0.25) is 0 Å². The van der Waals surface area contributed by atoms with E-state index in [4.69, 9.17) is 5.73 Å². The number of nitrogens with two attached hydrogens (primary N) is 1. The number of allylic oxidation sites excluding steroid dienone is 1. The molecule has 1 heteroatoms. The molecule has 0 bridgehead atoms. The molecular formula is C10H21N. The Labute approximate surface area is 70.7 Å². The Morgan fingerprint density at radius 3 is 2.45 bits per heavy atom. The summed E-state index contributed by atoms with van der Waals surface area (Å²) in [6, 6.07) is 0.344. The third-order valence-corrected chi connectivity index (χ3v) is 2.44. The molecule has 0 aliphatic carbocycles. The van der Waals surface area contributed by atoms with Crippen molar-refractivity contribution in [1.29, 1.82) is 0 Å². The SMILES string of the molecule is CC=C(C)C(C)C(N)CCC. The molecule has 1 nitrogen and oxygen atoms in total. The minimum Gasteiger partial charge on any atom is -0.327 e. The van der Waals surface area contributed by atoms with Crippen LogP contribution in [0, 0.1) is 5.92 Å². The summed E-state index contributed by atoms with van der Waals surface area (Å²) in [7, 11) is 0. The van der Waals surface area contributed by atoms with Gasteiger partial charge in [0.15, 0.2) is 0 Å². The maximum absolute atomic E-state index is 5.96. The van der Waals surface area contributed by atoms with E-state index >= 15 is 0 Å². The highest BCUT2D eigenvalue weighted by Gasteiger charge is 2.11. The van der Waals surface area contributed by atoms with Crippen molar-refractivity contribution in [3.05, 3.63) is 11.6 Å². The van der Waals surface area contributed by atoms with E-state index in [0.717, 1.165) is 6.42 Å². The van der Waals surface area contributed by atoms with Crippen LogP contribution in [0.3, 0.4) is 0 Å². The van der Waals surface area contributed by atoms with Gasteiger partial charge in [0.1, 0.15) is 0 Å². The quantitative estimate of drug-likeness (QED) is 0.621. The van der Waals surface area contributed by atoms with Gasteiger partial charge >= 0.3 is 0 Å². The minimum atomic E-state index is 0.344. The van der Waals surface area contributed by atoms with Crippen molar-refractivity contribution in [3.63, 3.8) is 0 Å². The van der Waals surface area contributed by atoms with Crippen LogP contribution in [-0.2, 0) is 0 Å². The van der Waals surface area contributed by atoms with Crippen molar-refractivity contribution in [1.82, 2.24) is 0 Å². The second-order valence-electron chi connectivity index (χ2n) is 3.27. The lowest BCUT2D eigenvalue weighted by Crippen LogP contribution is -2.28. The van der Waals surface area contributed by atoms with Crippen molar-refractivity contribution in [2.24, 2.45) is 11.7 Å². The van der Waals surface area contributed by atoms with Gasteiger partial charge in [-0.1, -0.05) is 31.9 Å². The predicted octanol–water partition coefficient (Wildman–Crippen LogP) is 2.72. The molecule has 0 amide bonds.